The van der Waals surface area contributed by atoms with Gasteiger partial charge in [0.2, 0.25) is 5.91 Å². The molecule has 2 N–H and O–H groups in total. The summed E-state index contributed by atoms with van der Waals surface area (Å²) < 4.78 is 0. The van der Waals surface area contributed by atoms with Crippen molar-refractivity contribution in [1.82, 2.24) is 4.90 Å². The van der Waals surface area contributed by atoms with E-state index < -0.39 is 6.10 Å². The molecule has 28 heavy (non-hydrogen) atoms. The highest BCUT2D eigenvalue weighted by Crippen LogP contribution is 2.48. The lowest BCUT2D eigenvalue weighted by molar-refractivity contribution is -0.128. The van der Waals surface area contributed by atoms with Gasteiger partial charge < -0.3 is 15.1 Å². The van der Waals surface area contributed by atoms with E-state index in [4.69, 9.17) is 0 Å². The van der Waals surface area contributed by atoms with Crippen LogP contribution in [0.5, 0.6) is 0 Å². The molecule has 0 unspecified atom stereocenters. The van der Waals surface area contributed by atoms with Crippen LogP contribution in [-0.4, -0.2) is 47.3 Å². The molecular weight excluding hydrogens is 350 g/mol. The fourth-order valence-electron chi connectivity index (χ4n) is 4.77. The van der Waals surface area contributed by atoms with Crippen molar-refractivity contribution in [2.75, 3.05) is 14.1 Å². The average molecular weight is 392 g/mol. The number of nitrogens with zero attached hydrogens (tertiary/aromatic N) is 1. The van der Waals surface area contributed by atoms with Crippen LogP contribution in [0.4, 0.5) is 0 Å². The van der Waals surface area contributed by atoms with Crippen LogP contribution in [0, 0.1) is 23.7 Å². The summed E-state index contributed by atoms with van der Waals surface area (Å²) in [7, 11) is 3.62. The van der Waals surface area contributed by atoms with E-state index in [0.29, 0.717) is 18.3 Å². The Balaban J connectivity index is 1.80. The molecule has 0 saturated heterocycles. The fourth-order valence-corrected chi connectivity index (χ4v) is 4.77. The van der Waals surface area contributed by atoms with E-state index in [0.717, 1.165) is 51.4 Å². The highest BCUT2D eigenvalue weighted by molar-refractivity contribution is 5.75. The summed E-state index contributed by atoms with van der Waals surface area (Å²) in [5, 5.41) is 20.9. The molecule has 6 atom stereocenters. The fraction of sp³-hybridized carbons (Fsp3) is 0.792. The topological polar surface area (TPSA) is 60.8 Å². The Morgan fingerprint density at radius 2 is 2.07 bits per heavy atom. The van der Waals surface area contributed by atoms with Crippen LogP contribution in [0.2, 0.25) is 0 Å². The zero-order valence-corrected chi connectivity index (χ0v) is 18.3. The van der Waals surface area contributed by atoms with Crippen molar-refractivity contribution in [2.24, 2.45) is 23.7 Å². The highest BCUT2D eigenvalue weighted by Gasteiger charge is 2.43. The van der Waals surface area contributed by atoms with Crippen LogP contribution in [-0.2, 0) is 4.79 Å². The van der Waals surface area contributed by atoms with E-state index >= 15 is 0 Å². The summed E-state index contributed by atoms with van der Waals surface area (Å²) in [4.78, 5) is 13.3. The first kappa shape index (κ1) is 23.2. The average Bonchev–Trinajstić information content (AvgIpc) is 3.17. The normalized spacial score (nSPS) is 29.0. The van der Waals surface area contributed by atoms with Gasteiger partial charge in [-0.05, 0) is 56.3 Å². The van der Waals surface area contributed by atoms with Gasteiger partial charge in [0.25, 0.3) is 0 Å². The molecule has 0 aromatic heterocycles. The maximum absolute atomic E-state index is 11.7. The third-order valence-electron chi connectivity index (χ3n) is 6.71. The lowest BCUT2D eigenvalue weighted by atomic mass is 9.87. The summed E-state index contributed by atoms with van der Waals surface area (Å²) in [5.41, 5.74) is 1.49. The number of unbranched alkanes of at least 4 members (excludes halogenated alkanes) is 2. The van der Waals surface area contributed by atoms with Crippen LogP contribution in [0.25, 0.3) is 0 Å². The molecule has 0 aromatic rings. The molecule has 0 spiro atoms. The number of hydrogen-bond donors (Lipinski definition) is 2. The van der Waals surface area contributed by atoms with Crippen molar-refractivity contribution in [3.05, 3.63) is 23.8 Å². The summed E-state index contributed by atoms with van der Waals surface area (Å²) in [6.07, 6.45) is 14.6. The van der Waals surface area contributed by atoms with Gasteiger partial charge in [0.15, 0.2) is 0 Å². The molecule has 1 saturated carbocycles. The van der Waals surface area contributed by atoms with Crippen LogP contribution >= 0.6 is 0 Å². The number of amides is 1. The van der Waals surface area contributed by atoms with E-state index in [2.05, 4.69) is 26.0 Å². The molecular formula is C24H41NO3. The Kier molecular flexibility index (Phi) is 9.23. The molecule has 2 aliphatic rings. The minimum atomic E-state index is -0.416. The van der Waals surface area contributed by atoms with Crippen molar-refractivity contribution in [1.29, 1.82) is 0 Å². The third-order valence-corrected chi connectivity index (χ3v) is 6.71. The molecule has 1 fully saturated rings. The van der Waals surface area contributed by atoms with Crippen molar-refractivity contribution in [3.63, 3.8) is 0 Å². The monoisotopic (exact) mass is 391 g/mol. The predicted octanol–water partition coefficient (Wildman–Crippen LogP) is 4.32. The first-order chi connectivity index (χ1) is 13.3. The number of fused-ring (bicyclic) bond motifs is 1. The van der Waals surface area contributed by atoms with Crippen LogP contribution in [0.3, 0.4) is 0 Å². The second-order valence-electron chi connectivity index (χ2n) is 9.23. The van der Waals surface area contributed by atoms with Crippen molar-refractivity contribution in [2.45, 2.75) is 83.8 Å². The molecule has 0 radical (unpaired) electrons. The first-order valence-electron chi connectivity index (χ1n) is 11.3. The SMILES string of the molecule is CCCC[C@H](C)[C@@H](O)C=C[C@@H]1[C@H]2CC(CCCCC(=O)N(C)C)=C[C@H]2C[C@H]1O. The number of hydrogen-bond acceptors (Lipinski definition) is 3. The van der Waals surface area contributed by atoms with E-state index in [1.54, 1.807) is 4.90 Å². The van der Waals surface area contributed by atoms with E-state index in [1.165, 1.54) is 5.57 Å². The molecule has 0 bridgehead atoms. The third kappa shape index (κ3) is 6.45. The van der Waals surface area contributed by atoms with E-state index in [1.807, 2.05) is 20.2 Å². The Labute approximate surface area is 171 Å². The second kappa shape index (κ2) is 11.2. The minimum Gasteiger partial charge on any atom is -0.392 e. The summed E-state index contributed by atoms with van der Waals surface area (Å²) in [5.74, 6) is 1.58. The van der Waals surface area contributed by atoms with E-state index in [-0.39, 0.29) is 23.8 Å². The van der Waals surface area contributed by atoms with Crippen LogP contribution < -0.4 is 0 Å². The Bertz CT molecular complexity index is 554. The highest BCUT2D eigenvalue weighted by atomic mass is 16.3. The van der Waals surface area contributed by atoms with Gasteiger partial charge in [-0.3, -0.25) is 4.79 Å². The summed E-state index contributed by atoms with van der Waals surface area (Å²) in [6, 6.07) is 0. The van der Waals surface area contributed by atoms with Gasteiger partial charge in [-0.15, -0.1) is 0 Å². The first-order valence-corrected chi connectivity index (χ1v) is 11.3. The van der Waals surface area contributed by atoms with Gasteiger partial charge >= 0.3 is 0 Å². The molecule has 2 rings (SSSR count). The number of allylic oxidation sites excluding steroid dienone is 2. The molecule has 160 valence electrons. The smallest absolute Gasteiger partial charge is 0.222 e. The van der Waals surface area contributed by atoms with Crippen molar-refractivity contribution >= 4 is 5.91 Å². The minimum absolute atomic E-state index is 0.155. The number of aliphatic hydroxyl groups is 2. The second-order valence-corrected chi connectivity index (χ2v) is 9.23. The quantitative estimate of drug-likeness (QED) is 0.407. The Morgan fingerprint density at radius 3 is 2.75 bits per heavy atom. The number of rotatable bonds is 11. The van der Waals surface area contributed by atoms with Crippen LogP contribution in [0.15, 0.2) is 23.8 Å². The molecule has 2 aliphatic carbocycles. The zero-order chi connectivity index (χ0) is 20.7. The van der Waals surface area contributed by atoms with Crippen LogP contribution in [0.1, 0.15) is 71.6 Å². The van der Waals surface area contributed by atoms with Gasteiger partial charge in [-0.1, -0.05) is 50.5 Å². The Morgan fingerprint density at radius 1 is 1.32 bits per heavy atom. The van der Waals surface area contributed by atoms with Gasteiger partial charge in [-0.25, -0.2) is 0 Å². The summed E-state index contributed by atoms with van der Waals surface area (Å²) in [6.45, 7) is 4.28. The maximum atomic E-state index is 11.7. The molecule has 0 heterocycles. The van der Waals surface area contributed by atoms with Gasteiger partial charge in [-0.2, -0.15) is 0 Å². The van der Waals surface area contributed by atoms with Gasteiger partial charge in [0.05, 0.1) is 12.2 Å². The van der Waals surface area contributed by atoms with E-state index in [9.17, 15) is 15.0 Å². The number of carbonyl (C=O) groups excluding carboxylic acids is 1. The molecule has 0 aromatic carbocycles. The zero-order valence-electron chi connectivity index (χ0n) is 18.3. The molecule has 1 amide bonds. The maximum Gasteiger partial charge on any atom is 0.222 e. The largest absolute Gasteiger partial charge is 0.392 e. The standard InChI is InChI=1S/C24H41NO3/c1-5-6-9-17(2)22(26)13-12-20-21-15-18(14-19(21)16-23(20)27)10-7-8-11-24(28)25(3)4/h12-14,17,19-23,26-27H,5-11,15-16H2,1-4H3/t17-,19-,20+,21-,22-,23+/m0/s1. The lowest BCUT2D eigenvalue weighted by Gasteiger charge is -2.20. The Hall–Kier alpha value is -1.13. The number of aliphatic hydroxyl groups excluding tert-OH is 2. The predicted molar refractivity (Wildman–Crippen MR) is 115 cm³/mol. The molecule has 0 aliphatic heterocycles. The molecule has 4 nitrogen and oxygen atoms in total. The van der Waals surface area contributed by atoms with Crippen molar-refractivity contribution in [3.8, 4) is 0 Å². The lowest BCUT2D eigenvalue weighted by Crippen LogP contribution is -2.21. The van der Waals surface area contributed by atoms with Gasteiger partial charge in [0.1, 0.15) is 0 Å². The number of carbonyl (C=O) groups is 1. The molecule has 4 heteroatoms. The van der Waals surface area contributed by atoms with Gasteiger partial charge in [0, 0.05) is 26.4 Å². The summed E-state index contributed by atoms with van der Waals surface area (Å²) >= 11 is 0. The van der Waals surface area contributed by atoms with Crippen molar-refractivity contribution < 1.29 is 15.0 Å².